The SMILES string of the molecule is Cc1ccc(/C=C2\Oc3c(ccc4c3CN(Cc3ccc(F)cc3)CO4)C2=O)cc1. The Morgan fingerprint density at radius 3 is 2.57 bits per heavy atom. The Kier molecular flexibility index (Phi) is 4.60. The van der Waals surface area contributed by atoms with Gasteiger partial charge in [-0.15, -0.1) is 0 Å². The largest absolute Gasteiger partial charge is 0.478 e. The number of ketones is 1. The van der Waals surface area contributed by atoms with Crippen molar-refractivity contribution in [3.05, 3.63) is 100 Å². The summed E-state index contributed by atoms with van der Waals surface area (Å²) in [7, 11) is 0. The number of hydrogen-bond acceptors (Lipinski definition) is 4. The molecule has 0 radical (unpaired) electrons. The fourth-order valence-corrected chi connectivity index (χ4v) is 3.77. The predicted octanol–water partition coefficient (Wildman–Crippen LogP) is 5.10. The second-order valence-corrected chi connectivity index (χ2v) is 7.66. The highest BCUT2D eigenvalue weighted by molar-refractivity contribution is 6.15. The maximum atomic E-state index is 13.2. The van der Waals surface area contributed by atoms with E-state index in [0.717, 1.165) is 28.0 Å². The van der Waals surface area contributed by atoms with Crippen molar-refractivity contribution in [3.8, 4) is 11.5 Å². The van der Waals surface area contributed by atoms with E-state index in [0.29, 0.717) is 36.9 Å². The van der Waals surface area contributed by atoms with Crippen LogP contribution in [0.15, 0.2) is 66.4 Å². The number of ether oxygens (including phenoxy) is 2. The Balaban J connectivity index is 1.41. The van der Waals surface area contributed by atoms with Crippen molar-refractivity contribution in [1.29, 1.82) is 0 Å². The van der Waals surface area contributed by atoms with Crippen LogP contribution in [0.4, 0.5) is 4.39 Å². The van der Waals surface area contributed by atoms with Crippen molar-refractivity contribution < 1.29 is 18.7 Å². The van der Waals surface area contributed by atoms with Gasteiger partial charge in [0.25, 0.3) is 0 Å². The molecule has 0 aliphatic carbocycles. The number of fused-ring (bicyclic) bond motifs is 3. The van der Waals surface area contributed by atoms with Crippen molar-refractivity contribution in [2.45, 2.75) is 20.0 Å². The van der Waals surface area contributed by atoms with Gasteiger partial charge in [-0.3, -0.25) is 9.69 Å². The maximum Gasteiger partial charge on any atom is 0.231 e. The van der Waals surface area contributed by atoms with Gasteiger partial charge in [0.05, 0.1) is 11.1 Å². The summed E-state index contributed by atoms with van der Waals surface area (Å²) in [4.78, 5) is 15.0. The molecule has 5 heteroatoms. The summed E-state index contributed by atoms with van der Waals surface area (Å²) in [5.41, 5.74) is 4.49. The van der Waals surface area contributed by atoms with E-state index in [-0.39, 0.29) is 11.6 Å². The van der Waals surface area contributed by atoms with Crippen LogP contribution >= 0.6 is 0 Å². The molecule has 3 aromatic rings. The molecular weight excluding hydrogens is 381 g/mol. The number of hydrogen-bond donors (Lipinski definition) is 0. The molecule has 2 heterocycles. The molecule has 0 spiro atoms. The first-order valence-corrected chi connectivity index (χ1v) is 9.83. The lowest BCUT2D eigenvalue weighted by Crippen LogP contribution is -2.31. The highest BCUT2D eigenvalue weighted by atomic mass is 19.1. The van der Waals surface area contributed by atoms with Crippen LogP contribution in [0.3, 0.4) is 0 Å². The summed E-state index contributed by atoms with van der Waals surface area (Å²) in [6.45, 7) is 3.64. The van der Waals surface area contributed by atoms with Crippen LogP contribution in [0.1, 0.15) is 32.6 Å². The molecule has 0 N–H and O–H groups in total. The van der Waals surface area contributed by atoms with Crippen LogP contribution in [-0.2, 0) is 13.1 Å². The van der Waals surface area contributed by atoms with E-state index >= 15 is 0 Å². The minimum Gasteiger partial charge on any atom is -0.478 e. The number of benzene rings is 3. The Hall–Kier alpha value is -3.44. The van der Waals surface area contributed by atoms with Gasteiger partial charge in [-0.2, -0.15) is 0 Å². The predicted molar refractivity (Wildman–Crippen MR) is 112 cm³/mol. The van der Waals surface area contributed by atoms with Gasteiger partial charge in [-0.05, 0) is 48.4 Å². The van der Waals surface area contributed by atoms with Gasteiger partial charge in [0.2, 0.25) is 5.78 Å². The molecule has 3 aromatic carbocycles. The van der Waals surface area contributed by atoms with Crippen molar-refractivity contribution in [1.82, 2.24) is 4.90 Å². The summed E-state index contributed by atoms with van der Waals surface area (Å²) in [6, 6.07) is 18.0. The number of carbonyl (C=O) groups excluding carboxylic acids is 1. The van der Waals surface area contributed by atoms with Gasteiger partial charge in [0.15, 0.2) is 5.76 Å². The van der Waals surface area contributed by atoms with Crippen LogP contribution in [0.2, 0.25) is 0 Å². The van der Waals surface area contributed by atoms with E-state index in [1.807, 2.05) is 37.3 Å². The third-order valence-electron chi connectivity index (χ3n) is 5.38. The van der Waals surface area contributed by atoms with Crippen LogP contribution in [0, 0.1) is 12.7 Å². The number of nitrogens with zero attached hydrogens (tertiary/aromatic N) is 1. The molecule has 150 valence electrons. The Morgan fingerprint density at radius 1 is 1.03 bits per heavy atom. The zero-order valence-corrected chi connectivity index (χ0v) is 16.5. The molecule has 4 nitrogen and oxygen atoms in total. The lowest BCUT2D eigenvalue weighted by atomic mass is 10.0. The van der Waals surface area contributed by atoms with Crippen molar-refractivity contribution >= 4 is 11.9 Å². The monoisotopic (exact) mass is 401 g/mol. The third kappa shape index (κ3) is 3.48. The Bertz CT molecular complexity index is 1150. The number of rotatable bonds is 3. The summed E-state index contributed by atoms with van der Waals surface area (Å²) < 4.78 is 25.1. The highest BCUT2D eigenvalue weighted by Gasteiger charge is 2.33. The first-order valence-electron chi connectivity index (χ1n) is 9.83. The van der Waals surface area contributed by atoms with E-state index < -0.39 is 0 Å². The number of allylic oxidation sites excluding steroid dienone is 1. The van der Waals surface area contributed by atoms with Gasteiger partial charge >= 0.3 is 0 Å². The standard InChI is InChI=1S/C25H20FNO3/c1-16-2-4-17(5-3-16)12-23-24(28)20-10-11-22-21(25(20)30-23)14-27(15-29-22)13-18-6-8-19(26)9-7-18/h2-12H,13-15H2,1H3/b23-12-. The molecule has 2 aliphatic rings. The topological polar surface area (TPSA) is 38.8 Å². The van der Waals surface area contributed by atoms with Gasteiger partial charge < -0.3 is 9.47 Å². The van der Waals surface area contributed by atoms with Gasteiger partial charge in [-0.1, -0.05) is 42.0 Å². The Morgan fingerprint density at radius 2 is 1.80 bits per heavy atom. The first kappa shape index (κ1) is 18.6. The average Bonchev–Trinajstić information content (AvgIpc) is 3.07. The summed E-state index contributed by atoms with van der Waals surface area (Å²) in [5.74, 6) is 1.24. The molecule has 0 saturated heterocycles. The molecule has 0 atom stereocenters. The lowest BCUT2D eigenvalue weighted by Gasteiger charge is -2.29. The smallest absolute Gasteiger partial charge is 0.231 e. The third-order valence-corrected chi connectivity index (χ3v) is 5.38. The molecule has 30 heavy (non-hydrogen) atoms. The van der Waals surface area contributed by atoms with Crippen LogP contribution in [0.5, 0.6) is 11.5 Å². The first-order chi connectivity index (χ1) is 14.6. The second-order valence-electron chi connectivity index (χ2n) is 7.66. The summed E-state index contributed by atoms with van der Waals surface area (Å²) in [6.07, 6.45) is 1.77. The zero-order valence-electron chi connectivity index (χ0n) is 16.5. The number of aryl methyl sites for hydroxylation is 1. The Labute approximate surface area is 174 Å². The lowest BCUT2D eigenvalue weighted by molar-refractivity contribution is 0.0872. The molecule has 0 unspecified atom stereocenters. The maximum absolute atomic E-state index is 13.2. The molecular formula is C25H20FNO3. The van der Waals surface area contributed by atoms with Crippen LogP contribution in [-0.4, -0.2) is 17.4 Å². The molecule has 0 aromatic heterocycles. The second kappa shape index (κ2) is 7.43. The zero-order chi connectivity index (χ0) is 20.7. The van der Waals surface area contributed by atoms with Crippen molar-refractivity contribution in [2.75, 3.05) is 6.73 Å². The molecule has 0 saturated carbocycles. The summed E-state index contributed by atoms with van der Waals surface area (Å²) >= 11 is 0. The van der Waals surface area contributed by atoms with Crippen molar-refractivity contribution in [3.63, 3.8) is 0 Å². The highest BCUT2D eigenvalue weighted by Crippen LogP contribution is 2.42. The van der Waals surface area contributed by atoms with E-state index in [2.05, 4.69) is 4.90 Å². The van der Waals surface area contributed by atoms with E-state index in [4.69, 9.17) is 9.47 Å². The summed E-state index contributed by atoms with van der Waals surface area (Å²) in [5, 5.41) is 0. The number of halogens is 1. The normalized spacial score (nSPS) is 16.7. The van der Waals surface area contributed by atoms with Crippen LogP contribution < -0.4 is 9.47 Å². The fourth-order valence-electron chi connectivity index (χ4n) is 3.77. The molecule has 2 aliphatic heterocycles. The molecule has 5 rings (SSSR count). The average molecular weight is 401 g/mol. The van der Waals surface area contributed by atoms with Crippen molar-refractivity contribution in [2.24, 2.45) is 0 Å². The molecule has 0 fully saturated rings. The fraction of sp³-hybridized carbons (Fsp3) is 0.160. The minimum absolute atomic E-state index is 0.121. The molecule has 0 amide bonds. The van der Waals surface area contributed by atoms with Crippen LogP contribution in [0.25, 0.3) is 6.08 Å². The van der Waals surface area contributed by atoms with E-state index in [1.54, 1.807) is 24.3 Å². The number of Topliss-reactive ketones (excluding diaryl/α,β-unsaturated/α-hetero) is 1. The number of carbonyl (C=O) groups is 1. The van der Waals surface area contributed by atoms with Gasteiger partial charge in [-0.25, -0.2) is 4.39 Å². The molecule has 0 bridgehead atoms. The quantitative estimate of drug-likeness (QED) is 0.572. The van der Waals surface area contributed by atoms with E-state index in [1.165, 1.54) is 12.1 Å². The van der Waals surface area contributed by atoms with Gasteiger partial charge in [0.1, 0.15) is 24.0 Å². The van der Waals surface area contributed by atoms with E-state index in [9.17, 15) is 9.18 Å². The minimum atomic E-state index is -0.253. The van der Waals surface area contributed by atoms with Gasteiger partial charge in [0, 0.05) is 13.1 Å².